The highest BCUT2D eigenvalue weighted by molar-refractivity contribution is 5.40. The third-order valence-corrected chi connectivity index (χ3v) is 3.03. The summed E-state index contributed by atoms with van der Waals surface area (Å²) in [6.07, 6.45) is 4.15. The molecule has 2 N–H and O–H groups in total. The van der Waals surface area contributed by atoms with Gasteiger partial charge in [-0.05, 0) is 49.4 Å². The first-order chi connectivity index (χ1) is 8.21. The predicted octanol–water partition coefficient (Wildman–Crippen LogP) is 2.76. The van der Waals surface area contributed by atoms with Crippen molar-refractivity contribution in [2.24, 2.45) is 5.73 Å². The minimum atomic E-state index is 0.312. The Morgan fingerprint density at radius 1 is 1.24 bits per heavy atom. The molecule has 1 unspecified atom stereocenters. The zero-order chi connectivity index (χ0) is 12.7. The molecule has 17 heavy (non-hydrogen) atoms. The van der Waals surface area contributed by atoms with Crippen LogP contribution in [0.3, 0.4) is 0 Å². The second-order valence-corrected chi connectivity index (χ2v) is 4.24. The maximum atomic E-state index is 5.91. The van der Waals surface area contributed by atoms with E-state index in [1.165, 1.54) is 5.56 Å². The van der Waals surface area contributed by atoms with Gasteiger partial charge in [-0.3, -0.25) is 0 Å². The zero-order valence-electron chi connectivity index (χ0n) is 11.0. The van der Waals surface area contributed by atoms with Gasteiger partial charge in [0, 0.05) is 6.04 Å². The lowest BCUT2D eigenvalue weighted by molar-refractivity contribution is 0.397. The van der Waals surface area contributed by atoms with Crippen molar-refractivity contribution >= 4 is 0 Å². The van der Waals surface area contributed by atoms with Crippen LogP contribution in [0.15, 0.2) is 18.2 Å². The average molecular weight is 237 g/mol. The van der Waals surface area contributed by atoms with Crippen molar-refractivity contribution in [1.29, 1.82) is 0 Å². The molecule has 3 nitrogen and oxygen atoms in total. The van der Waals surface area contributed by atoms with Crippen LogP contribution in [0.5, 0.6) is 11.5 Å². The summed E-state index contributed by atoms with van der Waals surface area (Å²) in [5.41, 5.74) is 7.10. The highest BCUT2D eigenvalue weighted by atomic mass is 16.5. The first-order valence-corrected chi connectivity index (χ1v) is 6.17. The standard InChI is InChI=1S/C14H23NO2/c1-4-12(15)7-5-6-11-10-13(16-2)8-9-14(11)17-3/h8-10,12H,4-7,15H2,1-3H3. The minimum Gasteiger partial charge on any atom is -0.497 e. The van der Waals surface area contributed by atoms with E-state index in [9.17, 15) is 0 Å². The van der Waals surface area contributed by atoms with Crippen LogP contribution in [-0.4, -0.2) is 20.3 Å². The van der Waals surface area contributed by atoms with Crippen LogP contribution < -0.4 is 15.2 Å². The fourth-order valence-corrected chi connectivity index (χ4v) is 1.84. The summed E-state index contributed by atoms with van der Waals surface area (Å²) < 4.78 is 10.6. The van der Waals surface area contributed by atoms with Crippen LogP contribution in [0.2, 0.25) is 0 Å². The van der Waals surface area contributed by atoms with Crippen molar-refractivity contribution in [3.8, 4) is 11.5 Å². The minimum absolute atomic E-state index is 0.312. The molecule has 0 spiro atoms. The van der Waals surface area contributed by atoms with E-state index in [1.54, 1.807) is 14.2 Å². The van der Waals surface area contributed by atoms with Gasteiger partial charge in [0.1, 0.15) is 11.5 Å². The monoisotopic (exact) mass is 237 g/mol. The number of rotatable bonds is 7. The van der Waals surface area contributed by atoms with Crippen molar-refractivity contribution in [3.63, 3.8) is 0 Å². The largest absolute Gasteiger partial charge is 0.497 e. The molecule has 96 valence electrons. The summed E-state index contributed by atoms with van der Waals surface area (Å²) in [4.78, 5) is 0. The van der Waals surface area contributed by atoms with E-state index >= 15 is 0 Å². The quantitative estimate of drug-likeness (QED) is 0.793. The fraction of sp³-hybridized carbons (Fsp3) is 0.571. The van der Waals surface area contributed by atoms with Gasteiger partial charge in [-0.25, -0.2) is 0 Å². The molecule has 0 aliphatic heterocycles. The number of methoxy groups -OCH3 is 2. The molecule has 0 bridgehead atoms. The summed E-state index contributed by atoms with van der Waals surface area (Å²) >= 11 is 0. The number of ether oxygens (including phenoxy) is 2. The van der Waals surface area contributed by atoms with Crippen LogP contribution in [0, 0.1) is 0 Å². The average Bonchev–Trinajstić information content (AvgIpc) is 2.38. The lowest BCUT2D eigenvalue weighted by atomic mass is 10.0. The van der Waals surface area contributed by atoms with E-state index in [1.807, 2.05) is 18.2 Å². The molecule has 0 aliphatic rings. The molecular weight excluding hydrogens is 214 g/mol. The summed E-state index contributed by atoms with van der Waals surface area (Å²) in [5.74, 6) is 1.80. The Labute approximate surface area is 104 Å². The molecular formula is C14H23NO2. The van der Waals surface area contributed by atoms with Gasteiger partial charge in [0.05, 0.1) is 14.2 Å². The van der Waals surface area contributed by atoms with E-state index < -0.39 is 0 Å². The fourth-order valence-electron chi connectivity index (χ4n) is 1.84. The van der Waals surface area contributed by atoms with Crippen LogP contribution in [0.25, 0.3) is 0 Å². The molecule has 0 aliphatic carbocycles. The molecule has 3 heteroatoms. The number of hydrogen-bond donors (Lipinski definition) is 1. The van der Waals surface area contributed by atoms with E-state index in [-0.39, 0.29) is 0 Å². The first-order valence-electron chi connectivity index (χ1n) is 6.17. The summed E-state index contributed by atoms with van der Waals surface area (Å²) in [6.45, 7) is 2.12. The molecule has 0 radical (unpaired) electrons. The first kappa shape index (κ1) is 13.8. The lowest BCUT2D eigenvalue weighted by Crippen LogP contribution is -2.18. The Hall–Kier alpha value is -1.22. The second kappa shape index (κ2) is 7.17. The molecule has 1 aromatic rings. The van der Waals surface area contributed by atoms with Crippen LogP contribution in [-0.2, 0) is 6.42 Å². The maximum Gasteiger partial charge on any atom is 0.122 e. The van der Waals surface area contributed by atoms with Crippen LogP contribution in [0.4, 0.5) is 0 Å². The Balaban J connectivity index is 2.61. The lowest BCUT2D eigenvalue weighted by Gasteiger charge is -2.12. The molecule has 0 aromatic heterocycles. The Kier molecular flexibility index (Phi) is 5.84. The van der Waals surface area contributed by atoms with Crippen molar-refractivity contribution < 1.29 is 9.47 Å². The number of nitrogens with two attached hydrogens (primary N) is 1. The SMILES string of the molecule is CCC(N)CCCc1cc(OC)ccc1OC. The predicted molar refractivity (Wildman–Crippen MR) is 70.8 cm³/mol. The van der Waals surface area contributed by atoms with E-state index in [2.05, 4.69) is 6.92 Å². The van der Waals surface area contributed by atoms with Gasteiger partial charge in [-0.1, -0.05) is 6.92 Å². The van der Waals surface area contributed by atoms with Crippen LogP contribution >= 0.6 is 0 Å². The molecule has 0 saturated carbocycles. The highest BCUT2D eigenvalue weighted by Crippen LogP contribution is 2.25. The third-order valence-electron chi connectivity index (χ3n) is 3.03. The normalized spacial score (nSPS) is 12.2. The number of hydrogen-bond acceptors (Lipinski definition) is 3. The maximum absolute atomic E-state index is 5.91. The molecule has 1 atom stereocenters. The molecule has 0 heterocycles. The molecule has 1 rings (SSSR count). The second-order valence-electron chi connectivity index (χ2n) is 4.24. The summed E-state index contributed by atoms with van der Waals surface area (Å²) in [6, 6.07) is 6.22. The van der Waals surface area contributed by atoms with Gasteiger partial charge in [-0.2, -0.15) is 0 Å². The van der Waals surface area contributed by atoms with E-state index in [0.717, 1.165) is 37.2 Å². The Morgan fingerprint density at radius 3 is 2.59 bits per heavy atom. The van der Waals surface area contributed by atoms with Gasteiger partial charge in [0.2, 0.25) is 0 Å². The molecule has 0 amide bonds. The Bertz CT molecular complexity index is 339. The molecule has 0 saturated heterocycles. The summed E-state index contributed by atoms with van der Waals surface area (Å²) in [5, 5.41) is 0. The smallest absolute Gasteiger partial charge is 0.122 e. The van der Waals surface area contributed by atoms with E-state index in [0.29, 0.717) is 6.04 Å². The Morgan fingerprint density at radius 2 is 2.00 bits per heavy atom. The third kappa shape index (κ3) is 4.27. The summed E-state index contributed by atoms with van der Waals surface area (Å²) in [7, 11) is 3.38. The van der Waals surface area contributed by atoms with Crippen molar-refractivity contribution in [2.45, 2.75) is 38.6 Å². The van der Waals surface area contributed by atoms with Crippen molar-refractivity contribution in [2.75, 3.05) is 14.2 Å². The molecule has 0 fully saturated rings. The van der Waals surface area contributed by atoms with Gasteiger partial charge in [-0.15, -0.1) is 0 Å². The highest BCUT2D eigenvalue weighted by Gasteiger charge is 2.06. The number of benzene rings is 1. The van der Waals surface area contributed by atoms with Crippen molar-refractivity contribution in [1.82, 2.24) is 0 Å². The van der Waals surface area contributed by atoms with Gasteiger partial charge in [0.25, 0.3) is 0 Å². The van der Waals surface area contributed by atoms with Crippen molar-refractivity contribution in [3.05, 3.63) is 23.8 Å². The topological polar surface area (TPSA) is 44.5 Å². The van der Waals surface area contributed by atoms with Gasteiger partial charge >= 0.3 is 0 Å². The van der Waals surface area contributed by atoms with Gasteiger partial charge < -0.3 is 15.2 Å². The van der Waals surface area contributed by atoms with Crippen LogP contribution in [0.1, 0.15) is 31.7 Å². The molecule has 1 aromatic carbocycles. The van der Waals surface area contributed by atoms with Gasteiger partial charge in [0.15, 0.2) is 0 Å². The zero-order valence-corrected chi connectivity index (χ0v) is 11.0. The number of aryl methyl sites for hydroxylation is 1. The van der Waals surface area contributed by atoms with E-state index in [4.69, 9.17) is 15.2 Å².